The number of carbonyl (C=O) groups is 2. The Labute approximate surface area is 110 Å². The highest BCUT2D eigenvalue weighted by atomic mass is 19.1. The monoisotopic (exact) mass is 268 g/mol. The van der Waals surface area contributed by atoms with Crippen molar-refractivity contribution in [3.63, 3.8) is 0 Å². The van der Waals surface area contributed by atoms with Crippen LogP contribution in [0.4, 0.5) is 4.39 Å². The number of benzene rings is 1. The lowest BCUT2D eigenvalue weighted by Crippen LogP contribution is -2.30. The van der Waals surface area contributed by atoms with Crippen LogP contribution in [-0.4, -0.2) is 35.0 Å². The maximum absolute atomic E-state index is 13.6. The van der Waals surface area contributed by atoms with E-state index in [2.05, 4.69) is 0 Å². The van der Waals surface area contributed by atoms with Crippen LogP contribution in [0.15, 0.2) is 18.2 Å². The number of carboxylic acids is 1. The number of amides is 1. The van der Waals surface area contributed by atoms with Crippen LogP contribution in [0.1, 0.15) is 29.3 Å². The second-order valence-corrected chi connectivity index (χ2v) is 4.27. The lowest BCUT2D eigenvalue weighted by molar-refractivity contribution is -0.138. The van der Waals surface area contributed by atoms with Gasteiger partial charge in [-0.1, -0.05) is 6.92 Å². The normalized spacial score (nSPS) is 10.7. The summed E-state index contributed by atoms with van der Waals surface area (Å²) in [5.41, 5.74) is 5.61. The standard InChI is InChI=1S/C13H17FN2O3/c1-2-5-16(8-12(17)18)7-10-6-9(13(15)19)3-4-11(10)14/h3-4,6H,2,5,7-8H2,1H3,(H2,15,19)(H,17,18). The minimum atomic E-state index is -0.972. The molecule has 19 heavy (non-hydrogen) atoms. The molecule has 0 bridgehead atoms. The van der Waals surface area contributed by atoms with Gasteiger partial charge in [-0.25, -0.2) is 4.39 Å². The molecule has 0 aliphatic heterocycles. The third kappa shape index (κ3) is 4.67. The van der Waals surface area contributed by atoms with Gasteiger partial charge >= 0.3 is 5.97 Å². The average molecular weight is 268 g/mol. The zero-order valence-corrected chi connectivity index (χ0v) is 10.7. The predicted octanol–water partition coefficient (Wildman–Crippen LogP) is 1.22. The van der Waals surface area contributed by atoms with Gasteiger partial charge in [-0.15, -0.1) is 0 Å². The minimum Gasteiger partial charge on any atom is -0.480 e. The molecule has 0 aromatic heterocycles. The molecule has 0 saturated carbocycles. The molecule has 1 aromatic rings. The highest BCUT2D eigenvalue weighted by Gasteiger charge is 2.13. The molecule has 0 heterocycles. The molecule has 6 heteroatoms. The van der Waals surface area contributed by atoms with Crippen molar-refractivity contribution >= 4 is 11.9 Å². The summed E-state index contributed by atoms with van der Waals surface area (Å²) in [6.45, 7) is 2.40. The molecule has 0 aliphatic rings. The highest BCUT2D eigenvalue weighted by Crippen LogP contribution is 2.13. The molecule has 1 aromatic carbocycles. The molecule has 1 amide bonds. The molecule has 0 radical (unpaired) electrons. The first kappa shape index (κ1) is 15.1. The van der Waals surface area contributed by atoms with Crippen LogP contribution in [0, 0.1) is 5.82 Å². The number of halogens is 1. The lowest BCUT2D eigenvalue weighted by atomic mass is 10.1. The largest absolute Gasteiger partial charge is 0.480 e. The number of primary amides is 1. The number of hydrogen-bond acceptors (Lipinski definition) is 3. The van der Waals surface area contributed by atoms with E-state index in [9.17, 15) is 14.0 Å². The molecule has 0 fully saturated rings. The fourth-order valence-electron chi connectivity index (χ4n) is 1.81. The molecular formula is C13H17FN2O3. The van der Waals surface area contributed by atoms with Crippen molar-refractivity contribution in [3.05, 3.63) is 35.1 Å². The van der Waals surface area contributed by atoms with Crippen LogP contribution in [-0.2, 0) is 11.3 Å². The fraction of sp³-hybridized carbons (Fsp3) is 0.385. The van der Waals surface area contributed by atoms with Crippen molar-refractivity contribution in [1.82, 2.24) is 4.90 Å². The van der Waals surface area contributed by atoms with Crippen LogP contribution < -0.4 is 5.73 Å². The van der Waals surface area contributed by atoms with Crippen LogP contribution in [0.25, 0.3) is 0 Å². The van der Waals surface area contributed by atoms with E-state index in [-0.39, 0.29) is 24.2 Å². The fourth-order valence-corrected chi connectivity index (χ4v) is 1.81. The molecule has 0 spiro atoms. The van der Waals surface area contributed by atoms with Gasteiger partial charge in [0.1, 0.15) is 5.82 Å². The first-order chi connectivity index (χ1) is 8.93. The van der Waals surface area contributed by atoms with Crippen LogP contribution in [0.2, 0.25) is 0 Å². The first-order valence-electron chi connectivity index (χ1n) is 5.96. The molecule has 104 valence electrons. The van der Waals surface area contributed by atoms with Gasteiger partial charge in [0.15, 0.2) is 0 Å². The van der Waals surface area contributed by atoms with E-state index in [0.29, 0.717) is 6.54 Å². The summed E-state index contributed by atoms with van der Waals surface area (Å²) in [6, 6.07) is 3.84. The van der Waals surface area contributed by atoms with Crippen LogP contribution in [0.5, 0.6) is 0 Å². The third-order valence-electron chi connectivity index (χ3n) is 2.62. The van der Waals surface area contributed by atoms with E-state index in [1.54, 1.807) is 4.90 Å². The quantitative estimate of drug-likeness (QED) is 0.778. The summed E-state index contributed by atoms with van der Waals surface area (Å²) in [5, 5.41) is 8.79. The molecule has 0 aliphatic carbocycles. The maximum Gasteiger partial charge on any atom is 0.317 e. The maximum atomic E-state index is 13.6. The van der Waals surface area contributed by atoms with E-state index in [4.69, 9.17) is 10.8 Å². The summed E-state index contributed by atoms with van der Waals surface area (Å²) in [6.07, 6.45) is 0.754. The second kappa shape index (κ2) is 6.84. The third-order valence-corrected chi connectivity index (χ3v) is 2.62. The number of carboxylic acid groups (broad SMARTS) is 1. The number of hydrogen-bond donors (Lipinski definition) is 2. The lowest BCUT2D eigenvalue weighted by Gasteiger charge is -2.20. The summed E-state index contributed by atoms with van der Waals surface area (Å²) in [4.78, 5) is 23.4. The molecule has 5 nitrogen and oxygen atoms in total. The Bertz CT molecular complexity index is 477. The Morgan fingerprint density at radius 1 is 1.42 bits per heavy atom. The average Bonchev–Trinajstić information content (AvgIpc) is 2.31. The molecule has 0 saturated heterocycles. The Balaban J connectivity index is 2.91. The van der Waals surface area contributed by atoms with Gasteiger partial charge in [0.05, 0.1) is 6.54 Å². The van der Waals surface area contributed by atoms with Gasteiger partial charge in [-0.2, -0.15) is 0 Å². The van der Waals surface area contributed by atoms with Gasteiger partial charge in [0.2, 0.25) is 5.91 Å². The summed E-state index contributed by atoms with van der Waals surface area (Å²) in [7, 11) is 0. The highest BCUT2D eigenvalue weighted by molar-refractivity contribution is 5.92. The van der Waals surface area contributed by atoms with Crippen molar-refractivity contribution < 1.29 is 19.1 Å². The first-order valence-corrected chi connectivity index (χ1v) is 5.96. The van der Waals surface area contributed by atoms with Gasteiger partial charge in [0, 0.05) is 17.7 Å². The number of nitrogens with two attached hydrogens (primary N) is 1. The zero-order chi connectivity index (χ0) is 14.4. The van der Waals surface area contributed by atoms with Crippen molar-refractivity contribution in [1.29, 1.82) is 0 Å². The van der Waals surface area contributed by atoms with E-state index in [0.717, 1.165) is 6.42 Å². The van der Waals surface area contributed by atoms with Gasteiger partial charge < -0.3 is 10.8 Å². The van der Waals surface area contributed by atoms with Gasteiger partial charge in [-0.3, -0.25) is 14.5 Å². The van der Waals surface area contributed by atoms with E-state index in [1.165, 1.54) is 18.2 Å². The molecule has 1 rings (SSSR count). The Morgan fingerprint density at radius 2 is 2.11 bits per heavy atom. The van der Waals surface area contributed by atoms with Crippen molar-refractivity contribution in [2.75, 3.05) is 13.1 Å². The second-order valence-electron chi connectivity index (χ2n) is 4.27. The number of nitrogens with zero attached hydrogens (tertiary/aromatic N) is 1. The topological polar surface area (TPSA) is 83.6 Å². The van der Waals surface area contributed by atoms with Crippen LogP contribution in [0.3, 0.4) is 0 Å². The predicted molar refractivity (Wildman–Crippen MR) is 68.1 cm³/mol. The Kier molecular flexibility index (Phi) is 5.44. The molecule has 0 unspecified atom stereocenters. The van der Waals surface area contributed by atoms with Crippen LogP contribution >= 0.6 is 0 Å². The molecular weight excluding hydrogens is 251 g/mol. The minimum absolute atomic E-state index is 0.132. The van der Waals surface area contributed by atoms with Crippen molar-refractivity contribution in [2.45, 2.75) is 19.9 Å². The van der Waals surface area contributed by atoms with Gasteiger partial charge in [-0.05, 0) is 31.2 Å². The van der Waals surface area contributed by atoms with Crippen molar-refractivity contribution in [2.24, 2.45) is 5.73 Å². The number of rotatable bonds is 7. The summed E-state index contributed by atoms with van der Waals surface area (Å²) < 4.78 is 13.6. The van der Waals surface area contributed by atoms with E-state index >= 15 is 0 Å². The molecule has 0 atom stereocenters. The number of carbonyl (C=O) groups excluding carboxylic acids is 1. The number of aliphatic carboxylic acids is 1. The molecule has 3 N–H and O–H groups in total. The Hall–Kier alpha value is -1.95. The zero-order valence-electron chi connectivity index (χ0n) is 10.7. The van der Waals surface area contributed by atoms with Crippen molar-refractivity contribution in [3.8, 4) is 0 Å². The summed E-state index contributed by atoms with van der Waals surface area (Å²) in [5.74, 6) is -2.09. The van der Waals surface area contributed by atoms with Gasteiger partial charge in [0.25, 0.3) is 0 Å². The summed E-state index contributed by atoms with van der Waals surface area (Å²) >= 11 is 0. The van der Waals surface area contributed by atoms with E-state index in [1.807, 2.05) is 6.92 Å². The van der Waals surface area contributed by atoms with E-state index < -0.39 is 17.7 Å². The SMILES string of the molecule is CCCN(CC(=O)O)Cc1cc(C(N)=O)ccc1F. The Morgan fingerprint density at radius 3 is 2.63 bits per heavy atom. The smallest absolute Gasteiger partial charge is 0.317 e.